The number of carbonyl (C=O) groups excluding carboxylic acids is 1. The van der Waals surface area contributed by atoms with Crippen molar-refractivity contribution in [2.75, 3.05) is 14.2 Å². The zero-order valence-corrected chi connectivity index (χ0v) is 18.1. The van der Waals surface area contributed by atoms with Gasteiger partial charge in [0.2, 0.25) is 5.78 Å². The summed E-state index contributed by atoms with van der Waals surface area (Å²) in [5.74, 6) is -0.675. The van der Waals surface area contributed by atoms with E-state index in [4.69, 9.17) is 14.2 Å². The van der Waals surface area contributed by atoms with Crippen molar-refractivity contribution in [3.63, 3.8) is 0 Å². The van der Waals surface area contributed by atoms with Gasteiger partial charge in [0.25, 0.3) is 0 Å². The average molecular weight is 423 g/mol. The molecule has 0 spiro atoms. The third-order valence-electron chi connectivity index (χ3n) is 4.94. The molecule has 1 heterocycles. The van der Waals surface area contributed by atoms with Gasteiger partial charge in [0.05, 0.1) is 26.2 Å². The molecule has 7 heteroatoms. The summed E-state index contributed by atoms with van der Waals surface area (Å²) in [6.07, 6.45) is 1.41. The van der Waals surface area contributed by atoms with Crippen LogP contribution >= 0.6 is 0 Å². The second kappa shape index (κ2) is 9.04. The van der Waals surface area contributed by atoms with Crippen LogP contribution in [0.5, 0.6) is 17.2 Å². The fraction of sp³-hybridized carbons (Fsp3) is 0.292. The summed E-state index contributed by atoms with van der Waals surface area (Å²) in [4.78, 5) is 29.3. The van der Waals surface area contributed by atoms with E-state index in [0.29, 0.717) is 39.1 Å². The van der Waals surface area contributed by atoms with E-state index in [1.165, 1.54) is 20.4 Å². The molecule has 31 heavy (non-hydrogen) atoms. The number of ketones is 1. The number of rotatable bonds is 8. The van der Waals surface area contributed by atoms with E-state index in [-0.39, 0.29) is 17.6 Å². The van der Waals surface area contributed by atoms with Crippen LogP contribution in [0, 0.1) is 0 Å². The molecule has 0 saturated carbocycles. The molecule has 0 aliphatic rings. The largest absolute Gasteiger partial charge is 0.493 e. The van der Waals surface area contributed by atoms with Gasteiger partial charge in [-0.05, 0) is 56.0 Å². The predicted molar refractivity (Wildman–Crippen MR) is 117 cm³/mol. The molecule has 0 fully saturated rings. The first kappa shape index (κ1) is 22.1. The lowest BCUT2D eigenvalue weighted by Crippen LogP contribution is -2.12. The Bertz CT molecular complexity index is 1140. The lowest BCUT2D eigenvalue weighted by atomic mass is 9.93. The zero-order valence-electron chi connectivity index (χ0n) is 18.1. The van der Waals surface area contributed by atoms with Gasteiger partial charge in [-0.1, -0.05) is 12.1 Å². The van der Waals surface area contributed by atoms with E-state index in [2.05, 4.69) is 4.98 Å². The number of aliphatic carboxylic acids is 1. The minimum Gasteiger partial charge on any atom is -0.493 e. The van der Waals surface area contributed by atoms with Gasteiger partial charge in [-0.25, -0.2) is 0 Å². The van der Waals surface area contributed by atoms with Crippen molar-refractivity contribution < 1.29 is 28.9 Å². The number of methoxy groups -OCH3 is 2. The molecule has 1 N–H and O–H groups in total. The maximum Gasteiger partial charge on any atom is 0.310 e. The molecular weight excluding hydrogens is 398 g/mol. The summed E-state index contributed by atoms with van der Waals surface area (Å²) in [6.45, 7) is 5.39. The number of aromatic nitrogens is 1. The molecule has 0 radical (unpaired) electrons. The summed E-state index contributed by atoms with van der Waals surface area (Å²) < 4.78 is 16.5. The van der Waals surface area contributed by atoms with Gasteiger partial charge < -0.3 is 19.3 Å². The first-order valence-corrected chi connectivity index (χ1v) is 9.85. The lowest BCUT2D eigenvalue weighted by Gasteiger charge is -2.16. The third kappa shape index (κ3) is 4.45. The monoisotopic (exact) mass is 423 g/mol. The lowest BCUT2D eigenvalue weighted by molar-refractivity contribution is -0.138. The van der Waals surface area contributed by atoms with Crippen LogP contribution in [0.1, 0.15) is 48.3 Å². The van der Waals surface area contributed by atoms with E-state index in [1.54, 1.807) is 43.3 Å². The Hall–Kier alpha value is -3.61. The second-order valence-electron chi connectivity index (χ2n) is 7.40. The second-order valence-corrected chi connectivity index (χ2v) is 7.40. The molecule has 3 aromatic rings. The van der Waals surface area contributed by atoms with Crippen molar-refractivity contribution in [2.45, 2.75) is 32.8 Å². The highest BCUT2D eigenvalue weighted by atomic mass is 16.5. The summed E-state index contributed by atoms with van der Waals surface area (Å²) in [6, 6.07) is 10.2. The van der Waals surface area contributed by atoms with Gasteiger partial charge in [0.15, 0.2) is 11.5 Å². The van der Waals surface area contributed by atoms with E-state index >= 15 is 0 Å². The molecule has 162 valence electrons. The van der Waals surface area contributed by atoms with Gasteiger partial charge >= 0.3 is 5.97 Å². The molecule has 0 bridgehead atoms. The minimum absolute atomic E-state index is 0.0298. The first-order valence-electron chi connectivity index (χ1n) is 9.85. The molecule has 2 aromatic carbocycles. The molecular formula is C24H25NO6. The fourth-order valence-electron chi connectivity index (χ4n) is 3.37. The number of ether oxygens (including phenoxy) is 3. The van der Waals surface area contributed by atoms with E-state index in [1.807, 2.05) is 13.8 Å². The minimum atomic E-state index is -0.990. The number of carboxylic acids is 1. The van der Waals surface area contributed by atoms with Crippen molar-refractivity contribution in [1.29, 1.82) is 0 Å². The van der Waals surface area contributed by atoms with Crippen LogP contribution in [0.25, 0.3) is 10.8 Å². The molecule has 0 aliphatic heterocycles. The molecule has 1 unspecified atom stereocenters. The van der Waals surface area contributed by atoms with Crippen molar-refractivity contribution in [2.24, 2.45) is 0 Å². The van der Waals surface area contributed by atoms with Crippen molar-refractivity contribution in [3.8, 4) is 17.2 Å². The van der Waals surface area contributed by atoms with Crippen LogP contribution in [0.2, 0.25) is 0 Å². The Balaban J connectivity index is 2.22. The Morgan fingerprint density at radius 2 is 1.61 bits per heavy atom. The average Bonchev–Trinajstić information content (AvgIpc) is 2.75. The van der Waals surface area contributed by atoms with Gasteiger partial charge in [-0.3, -0.25) is 14.6 Å². The zero-order chi connectivity index (χ0) is 22.7. The molecule has 0 saturated heterocycles. The Morgan fingerprint density at radius 1 is 0.968 bits per heavy atom. The number of hydrogen-bond acceptors (Lipinski definition) is 6. The topological polar surface area (TPSA) is 95.0 Å². The van der Waals surface area contributed by atoms with Crippen LogP contribution in [-0.4, -0.2) is 42.2 Å². The van der Waals surface area contributed by atoms with Crippen molar-refractivity contribution in [1.82, 2.24) is 4.98 Å². The summed E-state index contributed by atoms with van der Waals surface area (Å²) in [5.41, 5.74) is 1.09. The van der Waals surface area contributed by atoms with Crippen LogP contribution in [0.15, 0.2) is 42.6 Å². The van der Waals surface area contributed by atoms with Crippen molar-refractivity contribution in [3.05, 3.63) is 59.4 Å². The summed E-state index contributed by atoms with van der Waals surface area (Å²) in [5, 5.41) is 10.6. The van der Waals surface area contributed by atoms with Gasteiger partial charge in [-0.2, -0.15) is 0 Å². The highest BCUT2D eigenvalue weighted by Crippen LogP contribution is 2.37. The highest BCUT2D eigenvalue weighted by molar-refractivity contribution is 6.16. The quantitative estimate of drug-likeness (QED) is 0.535. The maximum absolute atomic E-state index is 13.4. The Morgan fingerprint density at radius 3 is 2.19 bits per heavy atom. The third-order valence-corrected chi connectivity index (χ3v) is 4.94. The summed E-state index contributed by atoms with van der Waals surface area (Å²) >= 11 is 0. The first-order chi connectivity index (χ1) is 14.8. The smallest absolute Gasteiger partial charge is 0.310 e. The number of hydrogen-bond donors (Lipinski definition) is 1. The van der Waals surface area contributed by atoms with Crippen LogP contribution in [0.4, 0.5) is 0 Å². The molecule has 0 aliphatic carbocycles. The maximum atomic E-state index is 13.4. The molecule has 3 rings (SSSR count). The van der Waals surface area contributed by atoms with Crippen LogP contribution in [-0.2, 0) is 4.79 Å². The number of carbonyl (C=O) groups is 2. The van der Waals surface area contributed by atoms with Gasteiger partial charge in [-0.15, -0.1) is 0 Å². The number of carboxylic acid groups (broad SMARTS) is 1. The highest BCUT2D eigenvalue weighted by Gasteiger charge is 2.23. The van der Waals surface area contributed by atoms with E-state index < -0.39 is 11.9 Å². The number of benzene rings is 2. The molecule has 7 nitrogen and oxygen atoms in total. The normalized spacial score (nSPS) is 11.9. The van der Waals surface area contributed by atoms with Crippen LogP contribution in [0.3, 0.4) is 0 Å². The van der Waals surface area contributed by atoms with Crippen molar-refractivity contribution >= 4 is 22.5 Å². The number of nitrogens with zero attached hydrogens (tertiary/aromatic N) is 1. The fourth-order valence-corrected chi connectivity index (χ4v) is 3.37. The summed E-state index contributed by atoms with van der Waals surface area (Å²) in [7, 11) is 2.99. The Labute approximate surface area is 180 Å². The number of pyridine rings is 1. The predicted octanol–water partition coefficient (Wildman–Crippen LogP) is 4.46. The van der Waals surface area contributed by atoms with Crippen LogP contribution < -0.4 is 14.2 Å². The standard InChI is InChI=1S/C24H25NO6/c1-13(2)31-16-8-6-7-15(9-16)23(26)22-18-11-21(30-5)20(29-4)10-17(18)19(12-25-22)14(3)24(27)28/h6-14H,1-5H3,(H,27,28). The molecule has 1 aromatic heterocycles. The Kier molecular flexibility index (Phi) is 6.44. The number of fused-ring (bicyclic) bond motifs is 1. The molecule has 1 atom stereocenters. The van der Waals surface area contributed by atoms with Gasteiger partial charge in [0, 0.05) is 17.1 Å². The van der Waals surface area contributed by atoms with E-state index in [9.17, 15) is 14.7 Å². The van der Waals surface area contributed by atoms with Gasteiger partial charge in [0.1, 0.15) is 11.4 Å². The van der Waals surface area contributed by atoms with E-state index in [0.717, 1.165) is 0 Å². The molecule has 0 amide bonds. The SMILES string of the molecule is COc1cc2c(C(C)C(=O)O)cnc(C(=O)c3cccc(OC(C)C)c3)c2cc1OC.